The molecule has 0 aliphatic rings. The number of aliphatic imine (C=N–C) groups is 1. The van der Waals surface area contributed by atoms with Crippen molar-refractivity contribution in [1.82, 2.24) is 21.3 Å². The highest BCUT2D eigenvalue weighted by atomic mass is 16.6. The smallest absolute Gasteiger partial charge is 0.407 e. The lowest BCUT2D eigenvalue weighted by molar-refractivity contribution is 0.0527. The van der Waals surface area contributed by atoms with Gasteiger partial charge in [0.2, 0.25) is 0 Å². The Kier molecular flexibility index (Phi) is 9.95. The molecule has 1 aromatic rings. The highest BCUT2D eigenvalue weighted by Crippen LogP contribution is 2.15. The molecule has 1 aromatic carbocycles. The first kappa shape index (κ1) is 24.8. The molecule has 1 amide bonds. The van der Waals surface area contributed by atoms with Crippen molar-refractivity contribution in [2.75, 3.05) is 26.7 Å². The normalized spacial score (nSPS) is 13.6. The van der Waals surface area contributed by atoms with Gasteiger partial charge in [-0.05, 0) is 53.5 Å². The Morgan fingerprint density at radius 1 is 1.03 bits per heavy atom. The first-order valence-electron chi connectivity index (χ1n) is 10.3. The Bertz CT molecular complexity index is 638. The lowest BCUT2D eigenvalue weighted by atomic mass is 10.0. The maximum absolute atomic E-state index is 11.6. The van der Waals surface area contributed by atoms with Crippen LogP contribution >= 0.6 is 0 Å². The molecule has 29 heavy (non-hydrogen) atoms. The Morgan fingerprint density at radius 2 is 1.66 bits per heavy atom. The summed E-state index contributed by atoms with van der Waals surface area (Å²) in [6.07, 6.45) is 0.382. The van der Waals surface area contributed by atoms with Crippen LogP contribution in [0.4, 0.5) is 4.79 Å². The fourth-order valence-corrected chi connectivity index (χ4v) is 2.79. The van der Waals surface area contributed by atoms with E-state index in [4.69, 9.17) is 4.74 Å². The molecule has 0 saturated heterocycles. The molecule has 0 saturated carbocycles. The van der Waals surface area contributed by atoms with Crippen LogP contribution in [0, 0.1) is 0 Å². The summed E-state index contributed by atoms with van der Waals surface area (Å²) in [7, 11) is 1.75. The molecule has 7 heteroatoms. The number of hydrogen-bond donors (Lipinski definition) is 4. The van der Waals surface area contributed by atoms with Gasteiger partial charge in [-0.2, -0.15) is 0 Å². The van der Waals surface area contributed by atoms with Crippen molar-refractivity contribution in [1.29, 1.82) is 0 Å². The van der Waals surface area contributed by atoms with Gasteiger partial charge < -0.3 is 26.0 Å². The maximum atomic E-state index is 11.6. The monoisotopic (exact) mass is 405 g/mol. The van der Waals surface area contributed by atoms with Gasteiger partial charge in [-0.15, -0.1) is 0 Å². The van der Waals surface area contributed by atoms with Crippen molar-refractivity contribution in [3.05, 3.63) is 35.9 Å². The summed E-state index contributed by atoms with van der Waals surface area (Å²) in [5.74, 6) is 0.740. The molecule has 0 fully saturated rings. The molecule has 7 nitrogen and oxygen atoms in total. The van der Waals surface area contributed by atoms with Gasteiger partial charge in [0.05, 0.1) is 0 Å². The number of guanidine groups is 1. The van der Waals surface area contributed by atoms with Gasteiger partial charge >= 0.3 is 6.09 Å². The van der Waals surface area contributed by atoms with E-state index in [9.17, 15) is 4.79 Å². The average Bonchev–Trinajstić information content (AvgIpc) is 2.62. The summed E-state index contributed by atoms with van der Waals surface area (Å²) in [6, 6.07) is 10.7. The summed E-state index contributed by atoms with van der Waals surface area (Å²) in [6.45, 7) is 14.0. The second-order valence-corrected chi connectivity index (χ2v) is 8.80. The van der Waals surface area contributed by atoms with Crippen molar-refractivity contribution in [3.63, 3.8) is 0 Å². The third-order valence-electron chi connectivity index (χ3n) is 4.14. The van der Waals surface area contributed by atoms with Crippen molar-refractivity contribution in [3.8, 4) is 0 Å². The minimum absolute atomic E-state index is 0.120. The average molecular weight is 406 g/mol. The first-order valence-corrected chi connectivity index (χ1v) is 10.3. The quantitative estimate of drug-likeness (QED) is 0.288. The number of ether oxygens (including phenoxy) is 1. The van der Waals surface area contributed by atoms with E-state index >= 15 is 0 Å². The van der Waals surface area contributed by atoms with Crippen molar-refractivity contribution >= 4 is 12.1 Å². The molecule has 164 valence electrons. The number of alkyl carbamates (subject to hydrolysis) is 1. The highest BCUT2D eigenvalue weighted by molar-refractivity contribution is 5.79. The largest absolute Gasteiger partial charge is 0.444 e. The van der Waals surface area contributed by atoms with Crippen LogP contribution in [0.1, 0.15) is 59.6 Å². The zero-order chi connectivity index (χ0) is 21.9. The predicted octanol–water partition coefficient (Wildman–Crippen LogP) is 3.20. The second kappa shape index (κ2) is 11.7. The highest BCUT2D eigenvalue weighted by Gasteiger charge is 2.21. The first-order chi connectivity index (χ1) is 13.5. The van der Waals surface area contributed by atoms with Crippen LogP contribution in [0.3, 0.4) is 0 Å². The molecule has 1 unspecified atom stereocenters. The van der Waals surface area contributed by atoms with Crippen LogP contribution in [0.25, 0.3) is 0 Å². The van der Waals surface area contributed by atoms with E-state index in [-0.39, 0.29) is 17.7 Å². The second-order valence-electron chi connectivity index (χ2n) is 8.80. The van der Waals surface area contributed by atoms with E-state index in [1.807, 2.05) is 26.8 Å². The topological polar surface area (TPSA) is 86.8 Å². The standard InChI is InChI=1S/C22H39N5O2/c1-17(18-12-9-8-10-13-18)27-22(5,6)16-26-19(23-7)24-14-11-15-25-20(28)29-21(2,3)4/h8-10,12-13,17,27H,11,14-16H2,1-7H3,(H,25,28)(H2,23,24,26). The minimum Gasteiger partial charge on any atom is -0.444 e. The van der Waals surface area contributed by atoms with Gasteiger partial charge in [-0.1, -0.05) is 30.3 Å². The number of nitrogens with one attached hydrogen (secondary N) is 4. The Morgan fingerprint density at radius 3 is 2.24 bits per heavy atom. The van der Waals surface area contributed by atoms with Gasteiger partial charge in [-0.3, -0.25) is 4.99 Å². The summed E-state index contributed by atoms with van der Waals surface area (Å²) in [5, 5.41) is 13.0. The summed E-state index contributed by atoms with van der Waals surface area (Å²) >= 11 is 0. The lowest BCUT2D eigenvalue weighted by Gasteiger charge is -2.31. The molecule has 0 heterocycles. The zero-order valence-electron chi connectivity index (χ0n) is 19.1. The summed E-state index contributed by atoms with van der Waals surface area (Å²) in [5.41, 5.74) is 0.665. The SMILES string of the molecule is CN=C(NCCCNC(=O)OC(C)(C)C)NCC(C)(C)NC(C)c1ccccc1. The number of nitrogens with zero attached hydrogens (tertiary/aromatic N) is 1. The molecule has 1 atom stereocenters. The van der Waals surface area contributed by atoms with Crippen LogP contribution in [-0.2, 0) is 4.74 Å². The Labute approximate surface area is 176 Å². The number of amides is 1. The van der Waals surface area contributed by atoms with Crippen molar-refractivity contribution in [2.45, 2.75) is 65.1 Å². The third kappa shape index (κ3) is 11.3. The van der Waals surface area contributed by atoms with Crippen LogP contribution in [-0.4, -0.2) is 49.9 Å². The lowest BCUT2D eigenvalue weighted by Crippen LogP contribution is -2.52. The van der Waals surface area contributed by atoms with Crippen molar-refractivity contribution < 1.29 is 9.53 Å². The van der Waals surface area contributed by atoms with E-state index in [1.54, 1.807) is 7.05 Å². The molecule has 0 radical (unpaired) electrons. The molecule has 0 aromatic heterocycles. The predicted molar refractivity (Wildman–Crippen MR) is 120 cm³/mol. The van der Waals surface area contributed by atoms with Gasteiger partial charge in [0, 0.05) is 38.3 Å². The fraction of sp³-hybridized carbons (Fsp3) is 0.636. The summed E-state index contributed by atoms with van der Waals surface area (Å²) in [4.78, 5) is 15.9. The molecular weight excluding hydrogens is 366 g/mol. The van der Waals surface area contributed by atoms with Crippen LogP contribution in [0.15, 0.2) is 35.3 Å². The van der Waals surface area contributed by atoms with Gasteiger partial charge in [0.1, 0.15) is 5.60 Å². The molecule has 0 spiro atoms. The molecular formula is C22H39N5O2. The molecule has 0 aliphatic heterocycles. The van der Waals surface area contributed by atoms with E-state index in [1.165, 1.54) is 5.56 Å². The van der Waals surface area contributed by atoms with Crippen LogP contribution < -0.4 is 21.3 Å². The van der Waals surface area contributed by atoms with E-state index in [2.05, 4.69) is 71.3 Å². The number of rotatable bonds is 9. The fourth-order valence-electron chi connectivity index (χ4n) is 2.79. The van der Waals surface area contributed by atoms with Crippen molar-refractivity contribution in [2.24, 2.45) is 4.99 Å². The van der Waals surface area contributed by atoms with E-state index in [0.29, 0.717) is 13.1 Å². The van der Waals surface area contributed by atoms with Crippen LogP contribution in [0.5, 0.6) is 0 Å². The third-order valence-corrected chi connectivity index (χ3v) is 4.14. The maximum Gasteiger partial charge on any atom is 0.407 e. The Balaban J connectivity index is 2.30. The molecule has 4 N–H and O–H groups in total. The minimum atomic E-state index is -0.479. The molecule has 0 bridgehead atoms. The Hall–Kier alpha value is -2.28. The van der Waals surface area contributed by atoms with Gasteiger partial charge in [0.15, 0.2) is 5.96 Å². The number of carbonyl (C=O) groups excluding carboxylic acids is 1. The molecule has 1 rings (SSSR count). The molecule has 0 aliphatic carbocycles. The van der Waals surface area contributed by atoms with Gasteiger partial charge in [0.25, 0.3) is 0 Å². The number of hydrogen-bond acceptors (Lipinski definition) is 4. The van der Waals surface area contributed by atoms with Crippen LogP contribution in [0.2, 0.25) is 0 Å². The van der Waals surface area contributed by atoms with E-state index < -0.39 is 5.60 Å². The summed E-state index contributed by atoms with van der Waals surface area (Å²) < 4.78 is 5.21. The van der Waals surface area contributed by atoms with E-state index in [0.717, 1.165) is 18.9 Å². The zero-order valence-corrected chi connectivity index (χ0v) is 19.1. The number of benzene rings is 1. The van der Waals surface area contributed by atoms with Gasteiger partial charge in [-0.25, -0.2) is 4.79 Å². The number of carbonyl (C=O) groups is 1.